The van der Waals surface area contributed by atoms with Crippen LogP contribution in [0.15, 0.2) is 40.7 Å². The van der Waals surface area contributed by atoms with E-state index in [0.717, 1.165) is 18.5 Å². The van der Waals surface area contributed by atoms with E-state index in [1.807, 2.05) is 4.90 Å². The molecule has 3 rings (SSSR count). The van der Waals surface area contributed by atoms with Gasteiger partial charge in [-0.25, -0.2) is 4.39 Å². The predicted molar refractivity (Wildman–Crippen MR) is 113 cm³/mol. The molecular weight excluding hydrogens is 466 g/mol. The summed E-state index contributed by atoms with van der Waals surface area (Å²) >= 11 is 1.76. The maximum atomic E-state index is 12.9. The van der Waals surface area contributed by atoms with E-state index in [1.54, 1.807) is 30.5 Å². The van der Waals surface area contributed by atoms with Gasteiger partial charge < -0.3 is 15.5 Å². The van der Waals surface area contributed by atoms with Crippen LogP contribution in [0.25, 0.3) is 0 Å². The molecule has 1 amide bonds. The van der Waals surface area contributed by atoms with Crippen LogP contribution < -0.4 is 10.6 Å². The Bertz CT molecular complexity index is 763. The fourth-order valence-electron chi connectivity index (χ4n) is 2.74. The third-order valence-electron chi connectivity index (χ3n) is 4.16. The van der Waals surface area contributed by atoms with Crippen molar-refractivity contribution in [2.75, 3.05) is 20.1 Å². The number of nitrogens with zero attached hydrogens (tertiary/aromatic N) is 2. The number of hydrogen-bond acceptors (Lipinski definition) is 3. The highest BCUT2D eigenvalue weighted by Crippen LogP contribution is 2.23. The summed E-state index contributed by atoms with van der Waals surface area (Å²) in [6.07, 6.45) is 0.927. The Kier molecular flexibility index (Phi) is 7.83. The van der Waals surface area contributed by atoms with E-state index < -0.39 is 0 Å². The zero-order valence-corrected chi connectivity index (χ0v) is 17.6. The molecule has 0 saturated carbocycles. The van der Waals surface area contributed by atoms with Gasteiger partial charge in [0.15, 0.2) is 5.96 Å². The summed E-state index contributed by atoms with van der Waals surface area (Å²) in [6.45, 7) is 2.15. The average Bonchev–Trinajstić information content (AvgIpc) is 3.10. The number of aliphatic imine (C=N–C) groups is 1. The summed E-state index contributed by atoms with van der Waals surface area (Å²) in [5, 5.41) is 8.25. The van der Waals surface area contributed by atoms with Crippen molar-refractivity contribution in [2.24, 2.45) is 4.99 Å². The van der Waals surface area contributed by atoms with E-state index in [2.05, 4.69) is 27.1 Å². The van der Waals surface area contributed by atoms with E-state index >= 15 is 0 Å². The summed E-state index contributed by atoms with van der Waals surface area (Å²) < 4.78 is 12.9. The minimum atomic E-state index is -0.257. The zero-order chi connectivity index (χ0) is 17.6. The number of carbonyl (C=O) groups is 1. The Morgan fingerprint density at radius 3 is 2.77 bits per heavy atom. The third-order valence-corrected chi connectivity index (χ3v) is 5.19. The summed E-state index contributed by atoms with van der Waals surface area (Å²) in [6, 6.07) is 8.37. The molecule has 5 nitrogen and oxygen atoms in total. The second kappa shape index (κ2) is 9.86. The predicted octanol–water partition coefficient (Wildman–Crippen LogP) is 2.76. The molecule has 2 aromatic rings. The molecule has 2 N–H and O–H groups in total. The first kappa shape index (κ1) is 20.6. The molecule has 0 bridgehead atoms. The number of thiophene rings is 1. The largest absolute Gasteiger partial charge is 0.352 e. The summed E-state index contributed by atoms with van der Waals surface area (Å²) in [7, 11) is 1.66. The van der Waals surface area contributed by atoms with Crippen molar-refractivity contribution in [3.63, 3.8) is 0 Å². The number of rotatable bonds is 4. The highest BCUT2D eigenvalue weighted by molar-refractivity contribution is 14.0. The van der Waals surface area contributed by atoms with Gasteiger partial charge in [0.1, 0.15) is 5.82 Å². The van der Waals surface area contributed by atoms with Crippen LogP contribution in [0.2, 0.25) is 0 Å². The number of halogens is 2. The van der Waals surface area contributed by atoms with Crippen LogP contribution in [-0.2, 0) is 24.3 Å². The topological polar surface area (TPSA) is 56.7 Å². The molecule has 0 aliphatic carbocycles. The van der Waals surface area contributed by atoms with E-state index in [1.165, 1.54) is 22.6 Å². The first-order valence-corrected chi connectivity index (χ1v) is 9.05. The van der Waals surface area contributed by atoms with Crippen LogP contribution in [0.5, 0.6) is 0 Å². The van der Waals surface area contributed by atoms with E-state index in [0.29, 0.717) is 19.0 Å². The standard InChI is InChI=1S/C18H21FN4OS.HI/c1-20-18(21-10-13-2-4-15(19)5-3-13)22-11-17(24)23-8-6-16-14(12-23)7-9-25-16;/h2-5,7,9H,6,8,10-12H2,1H3,(H2,20,21,22);1H. The molecule has 0 fully saturated rings. The average molecular weight is 488 g/mol. The normalized spacial score (nSPS) is 13.6. The molecule has 1 aromatic carbocycles. The summed E-state index contributed by atoms with van der Waals surface area (Å²) in [5.74, 6) is 0.347. The minimum Gasteiger partial charge on any atom is -0.352 e. The molecule has 8 heteroatoms. The van der Waals surface area contributed by atoms with Gasteiger partial charge in [-0.15, -0.1) is 35.3 Å². The molecule has 0 saturated heterocycles. The highest BCUT2D eigenvalue weighted by Gasteiger charge is 2.21. The van der Waals surface area contributed by atoms with Gasteiger partial charge in [-0.05, 0) is 41.1 Å². The van der Waals surface area contributed by atoms with Crippen molar-refractivity contribution in [1.82, 2.24) is 15.5 Å². The van der Waals surface area contributed by atoms with Crippen LogP contribution in [0.3, 0.4) is 0 Å². The number of carbonyl (C=O) groups excluding carboxylic acids is 1. The SMILES string of the molecule is CN=C(NCC(=O)N1CCc2sccc2C1)NCc1ccc(F)cc1.I. The monoisotopic (exact) mass is 488 g/mol. The molecule has 0 atom stereocenters. The van der Waals surface area contributed by atoms with Gasteiger partial charge in [-0.1, -0.05) is 12.1 Å². The Morgan fingerprint density at radius 1 is 1.27 bits per heavy atom. The highest BCUT2D eigenvalue weighted by atomic mass is 127. The Labute approximate surface area is 173 Å². The third kappa shape index (κ3) is 5.41. The van der Waals surface area contributed by atoms with Crippen molar-refractivity contribution in [3.05, 3.63) is 57.5 Å². The second-order valence-electron chi connectivity index (χ2n) is 5.84. The van der Waals surface area contributed by atoms with Crippen LogP contribution in [0.4, 0.5) is 4.39 Å². The maximum absolute atomic E-state index is 12.9. The molecule has 2 heterocycles. The molecule has 140 valence electrons. The molecular formula is C18H22FIN4OS. The number of amides is 1. The Balaban J connectivity index is 0.00000243. The van der Waals surface area contributed by atoms with Gasteiger partial charge in [-0.3, -0.25) is 9.79 Å². The molecule has 0 unspecified atom stereocenters. The van der Waals surface area contributed by atoms with Gasteiger partial charge >= 0.3 is 0 Å². The van der Waals surface area contributed by atoms with Crippen molar-refractivity contribution < 1.29 is 9.18 Å². The van der Waals surface area contributed by atoms with Gasteiger partial charge in [0.2, 0.25) is 5.91 Å². The van der Waals surface area contributed by atoms with E-state index in [4.69, 9.17) is 0 Å². The number of nitrogens with one attached hydrogen (secondary N) is 2. The van der Waals surface area contributed by atoms with Gasteiger partial charge in [0.25, 0.3) is 0 Å². The van der Waals surface area contributed by atoms with Crippen LogP contribution in [0.1, 0.15) is 16.0 Å². The molecule has 0 spiro atoms. The van der Waals surface area contributed by atoms with Gasteiger partial charge in [0.05, 0.1) is 6.54 Å². The van der Waals surface area contributed by atoms with Crippen molar-refractivity contribution >= 4 is 47.2 Å². The van der Waals surface area contributed by atoms with Crippen LogP contribution in [0, 0.1) is 5.82 Å². The van der Waals surface area contributed by atoms with Crippen LogP contribution in [-0.4, -0.2) is 36.9 Å². The Morgan fingerprint density at radius 2 is 2.04 bits per heavy atom. The second-order valence-corrected chi connectivity index (χ2v) is 6.84. The molecule has 26 heavy (non-hydrogen) atoms. The first-order chi connectivity index (χ1) is 12.2. The zero-order valence-electron chi connectivity index (χ0n) is 14.5. The summed E-state index contributed by atoms with van der Waals surface area (Å²) in [5.41, 5.74) is 2.19. The van der Waals surface area contributed by atoms with Crippen LogP contribution >= 0.6 is 35.3 Å². The number of benzene rings is 1. The number of guanidine groups is 1. The van der Waals surface area contributed by atoms with E-state index in [9.17, 15) is 9.18 Å². The first-order valence-electron chi connectivity index (χ1n) is 8.17. The van der Waals surface area contributed by atoms with Crippen molar-refractivity contribution in [1.29, 1.82) is 0 Å². The van der Waals surface area contributed by atoms with Gasteiger partial charge in [-0.2, -0.15) is 0 Å². The number of hydrogen-bond donors (Lipinski definition) is 2. The lowest BCUT2D eigenvalue weighted by Crippen LogP contribution is -2.45. The molecule has 1 aliphatic heterocycles. The Hall–Kier alpha value is -1.68. The molecule has 1 aliphatic rings. The van der Waals surface area contributed by atoms with Crippen molar-refractivity contribution in [3.8, 4) is 0 Å². The van der Waals surface area contributed by atoms with Crippen molar-refractivity contribution in [2.45, 2.75) is 19.5 Å². The maximum Gasteiger partial charge on any atom is 0.242 e. The smallest absolute Gasteiger partial charge is 0.242 e. The molecule has 1 aromatic heterocycles. The summed E-state index contributed by atoms with van der Waals surface area (Å²) in [4.78, 5) is 19.8. The lowest BCUT2D eigenvalue weighted by molar-refractivity contribution is -0.130. The minimum absolute atomic E-state index is 0. The lowest BCUT2D eigenvalue weighted by atomic mass is 10.1. The number of fused-ring (bicyclic) bond motifs is 1. The quantitative estimate of drug-likeness (QED) is 0.396. The van der Waals surface area contributed by atoms with Gasteiger partial charge in [0, 0.05) is 31.6 Å². The lowest BCUT2D eigenvalue weighted by Gasteiger charge is -2.27. The van der Waals surface area contributed by atoms with E-state index in [-0.39, 0.29) is 42.2 Å². The fraction of sp³-hybridized carbons (Fsp3) is 0.333. The molecule has 0 radical (unpaired) electrons. The fourth-order valence-corrected chi connectivity index (χ4v) is 3.63.